The molecule has 1 aromatic rings. The van der Waals surface area contributed by atoms with Crippen molar-refractivity contribution in [3.8, 4) is 0 Å². The topological polar surface area (TPSA) is 66.6 Å². The quantitative estimate of drug-likeness (QED) is 0.784. The number of rotatable bonds is 2. The van der Waals surface area contributed by atoms with E-state index in [2.05, 4.69) is 0 Å². The van der Waals surface area contributed by atoms with Gasteiger partial charge >= 0.3 is 0 Å². The van der Waals surface area contributed by atoms with Gasteiger partial charge in [0.2, 0.25) is 0 Å². The summed E-state index contributed by atoms with van der Waals surface area (Å²) in [6, 6.07) is 4.90. The maximum atomic E-state index is 12.1. The molecule has 1 saturated heterocycles. The van der Waals surface area contributed by atoms with Crippen LogP contribution in [0.25, 0.3) is 0 Å². The molecule has 1 atom stereocenters. The standard InChI is InChI=1S/C12H15ClN2O2/c13-10-5-9(1-2-11(10)14)12(17)15-4-3-8(6-15)7-16/h1-2,5,8,16H,3-4,6-7,14H2. The average molecular weight is 255 g/mol. The van der Waals surface area contributed by atoms with Crippen molar-refractivity contribution in [3.63, 3.8) is 0 Å². The van der Waals surface area contributed by atoms with Crippen LogP contribution in [0.2, 0.25) is 5.02 Å². The average Bonchev–Trinajstić information content (AvgIpc) is 2.80. The molecule has 1 heterocycles. The van der Waals surface area contributed by atoms with Crippen LogP contribution in [0.4, 0.5) is 5.69 Å². The molecule has 1 amide bonds. The molecule has 0 aliphatic carbocycles. The highest BCUT2D eigenvalue weighted by atomic mass is 35.5. The summed E-state index contributed by atoms with van der Waals surface area (Å²) in [5.74, 6) is 0.144. The first kappa shape index (κ1) is 12.2. The van der Waals surface area contributed by atoms with Crippen molar-refractivity contribution < 1.29 is 9.90 Å². The van der Waals surface area contributed by atoms with Crippen molar-refractivity contribution in [1.82, 2.24) is 4.90 Å². The van der Waals surface area contributed by atoms with Gasteiger partial charge in [-0.2, -0.15) is 0 Å². The molecule has 1 aromatic carbocycles. The first-order valence-electron chi connectivity index (χ1n) is 5.57. The predicted molar refractivity (Wildman–Crippen MR) is 67.0 cm³/mol. The maximum absolute atomic E-state index is 12.1. The number of carbonyl (C=O) groups excluding carboxylic acids is 1. The second kappa shape index (κ2) is 4.94. The van der Waals surface area contributed by atoms with Crippen LogP contribution in [-0.2, 0) is 0 Å². The van der Waals surface area contributed by atoms with E-state index in [9.17, 15) is 4.79 Å². The van der Waals surface area contributed by atoms with Crippen LogP contribution in [0.15, 0.2) is 18.2 Å². The van der Waals surface area contributed by atoms with Gasteiger partial charge in [-0.05, 0) is 24.6 Å². The third kappa shape index (κ3) is 2.53. The first-order valence-corrected chi connectivity index (χ1v) is 5.94. The molecule has 1 unspecified atom stereocenters. The molecular weight excluding hydrogens is 240 g/mol. The Morgan fingerprint density at radius 1 is 1.59 bits per heavy atom. The number of aliphatic hydroxyl groups excluding tert-OH is 1. The summed E-state index contributed by atoms with van der Waals surface area (Å²) in [5, 5.41) is 9.44. The normalized spacial score (nSPS) is 19.6. The summed E-state index contributed by atoms with van der Waals surface area (Å²) in [7, 11) is 0. The molecule has 0 radical (unpaired) electrons. The summed E-state index contributed by atoms with van der Waals surface area (Å²) in [6.07, 6.45) is 0.852. The number of hydrogen-bond donors (Lipinski definition) is 2. The van der Waals surface area contributed by atoms with Crippen LogP contribution >= 0.6 is 11.6 Å². The highest BCUT2D eigenvalue weighted by Gasteiger charge is 2.26. The van der Waals surface area contributed by atoms with E-state index in [0.29, 0.717) is 29.4 Å². The second-order valence-corrected chi connectivity index (χ2v) is 4.73. The molecule has 17 heavy (non-hydrogen) atoms. The minimum Gasteiger partial charge on any atom is -0.398 e. The van der Waals surface area contributed by atoms with E-state index in [0.717, 1.165) is 6.42 Å². The number of nitrogen functional groups attached to an aromatic ring is 1. The Morgan fingerprint density at radius 2 is 2.35 bits per heavy atom. The monoisotopic (exact) mass is 254 g/mol. The van der Waals surface area contributed by atoms with Gasteiger partial charge in [-0.15, -0.1) is 0 Å². The van der Waals surface area contributed by atoms with Gasteiger partial charge in [-0.25, -0.2) is 0 Å². The van der Waals surface area contributed by atoms with Gasteiger partial charge in [0.25, 0.3) is 5.91 Å². The Balaban J connectivity index is 2.12. The summed E-state index contributed by atoms with van der Waals surface area (Å²) < 4.78 is 0. The maximum Gasteiger partial charge on any atom is 0.253 e. The van der Waals surface area contributed by atoms with Crippen molar-refractivity contribution in [1.29, 1.82) is 0 Å². The summed E-state index contributed by atoms with van der Waals surface area (Å²) in [6.45, 7) is 1.43. The van der Waals surface area contributed by atoms with E-state index in [1.807, 2.05) is 0 Å². The van der Waals surface area contributed by atoms with E-state index >= 15 is 0 Å². The molecule has 0 aromatic heterocycles. The van der Waals surface area contributed by atoms with Gasteiger partial charge in [0.15, 0.2) is 0 Å². The van der Waals surface area contributed by atoms with Gasteiger partial charge in [-0.1, -0.05) is 11.6 Å². The zero-order valence-corrected chi connectivity index (χ0v) is 10.2. The van der Waals surface area contributed by atoms with E-state index in [1.54, 1.807) is 23.1 Å². The lowest BCUT2D eigenvalue weighted by atomic mass is 10.1. The summed E-state index contributed by atoms with van der Waals surface area (Å²) in [5.41, 5.74) is 6.61. The lowest BCUT2D eigenvalue weighted by Crippen LogP contribution is -2.29. The van der Waals surface area contributed by atoms with E-state index in [4.69, 9.17) is 22.4 Å². The van der Waals surface area contributed by atoms with Crippen LogP contribution in [0.5, 0.6) is 0 Å². The lowest BCUT2D eigenvalue weighted by molar-refractivity contribution is 0.0782. The number of anilines is 1. The zero-order chi connectivity index (χ0) is 12.4. The number of carbonyl (C=O) groups is 1. The number of benzene rings is 1. The van der Waals surface area contributed by atoms with Gasteiger partial charge < -0.3 is 15.7 Å². The van der Waals surface area contributed by atoms with E-state index in [1.165, 1.54) is 0 Å². The SMILES string of the molecule is Nc1ccc(C(=O)N2CCC(CO)C2)cc1Cl. The third-order valence-corrected chi connectivity index (χ3v) is 3.41. The number of halogens is 1. The fourth-order valence-electron chi connectivity index (χ4n) is 2.01. The Labute approximate surface area is 105 Å². The third-order valence-electron chi connectivity index (χ3n) is 3.08. The molecular formula is C12H15ClN2O2. The van der Waals surface area contributed by atoms with Crippen LogP contribution in [0, 0.1) is 5.92 Å². The number of nitrogens with zero attached hydrogens (tertiary/aromatic N) is 1. The first-order chi connectivity index (χ1) is 8.11. The van der Waals surface area contributed by atoms with Crippen LogP contribution in [-0.4, -0.2) is 35.6 Å². The number of nitrogens with two attached hydrogens (primary N) is 1. The summed E-state index contributed by atoms with van der Waals surface area (Å²) in [4.78, 5) is 13.9. The van der Waals surface area contributed by atoms with Gasteiger partial charge in [-0.3, -0.25) is 4.79 Å². The van der Waals surface area contributed by atoms with Gasteiger partial charge in [0.05, 0.1) is 10.7 Å². The molecule has 1 aliphatic heterocycles. The second-order valence-electron chi connectivity index (χ2n) is 4.32. The Bertz CT molecular complexity index is 437. The highest BCUT2D eigenvalue weighted by Crippen LogP contribution is 2.23. The van der Waals surface area contributed by atoms with Crippen LogP contribution in [0.1, 0.15) is 16.8 Å². The lowest BCUT2D eigenvalue weighted by Gasteiger charge is -2.16. The minimum absolute atomic E-state index is 0.0529. The number of aliphatic hydroxyl groups is 1. The molecule has 4 nitrogen and oxygen atoms in total. The smallest absolute Gasteiger partial charge is 0.253 e. The molecule has 2 rings (SSSR count). The van der Waals surface area contributed by atoms with Crippen molar-refractivity contribution >= 4 is 23.2 Å². The molecule has 5 heteroatoms. The Hall–Kier alpha value is -1.26. The van der Waals surface area contributed by atoms with E-state index < -0.39 is 0 Å². The molecule has 1 aliphatic rings. The van der Waals surface area contributed by atoms with Crippen molar-refractivity contribution in [3.05, 3.63) is 28.8 Å². The van der Waals surface area contributed by atoms with Crippen molar-refractivity contribution in [2.24, 2.45) is 5.92 Å². The fraction of sp³-hybridized carbons (Fsp3) is 0.417. The number of hydrogen-bond acceptors (Lipinski definition) is 3. The molecule has 92 valence electrons. The van der Waals surface area contributed by atoms with Crippen molar-refractivity contribution in [2.45, 2.75) is 6.42 Å². The zero-order valence-electron chi connectivity index (χ0n) is 9.40. The highest BCUT2D eigenvalue weighted by molar-refractivity contribution is 6.33. The molecule has 0 saturated carbocycles. The molecule has 3 N–H and O–H groups in total. The van der Waals surface area contributed by atoms with Gasteiger partial charge in [0.1, 0.15) is 0 Å². The molecule has 0 spiro atoms. The largest absolute Gasteiger partial charge is 0.398 e. The van der Waals surface area contributed by atoms with Crippen LogP contribution < -0.4 is 5.73 Å². The Kier molecular flexibility index (Phi) is 3.54. The number of likely N-dealkylation sites (tertiary alicyclic amines) is 1. The van der Waals surface area contributed by atoms with Crippen LogP contribution in [0.3, 0.4) is 0 Å². The van der Waals surface area contributed by atoms with E-state index in [-0.39, 0.29) is 18.4 Å². The molecule has 0 bridgehead atoms. The summed E-state index contributed by atoms with van der Waals surface area (Å²) >= 11 is 5.88. The fourth-order valence-corrected chi connectivity index (χ4v) is 2.19. The minimum atomic E-state index is -0.0529. The Morgan fingerprint density at radius 3 is 2.94 bits per heavy atom. The van der Waals surface area contributed by atoms with Crippen molar-refractivity contribution in [2.75, 3.05) is 25.4 Å². The van der Waals surface area contributed by atoms with Gasteiger partial charge in [0, 0.05) is 31.2 Å². The number of amides is 1. The molecule has 1 fully saturated rings. The predicted octanol–water partition coefficient (Wildman–Crippen LogP) is 1.38.